The summed E-state index contributed by atoms with van der Waals surface area (Å²) in [6.45, 7) is 0. The lowest BCUT2D eigenvalue weighted by Crippen LogP contribution is -2.61. The molecule has 0 saturated heterocycles. The van der Waals surface area contributed by atoms with Gasteiger partial charge in [-0.2, -0.15) is 5.10 Å². The van der Waals surface area contributed by atoms with Crippen LogP contribution in [0.15, 0.2) is 29.4 Å². The Morgan fingerprint density at radius 3 is 2.36 bits per heavy atom. The molecule has 0 aliphatic heterocycles. The van der Waals surface area contributed by atoms with Crippen LogP contribution in [0.2, 0.25) is 0 Å². The van der Waals surface area contributed by atoms with Crippen molar-refractivity contribution in [1.29, 1.82) is 0 Å². The number of hydrogen-bond donors (Lipinski definition) is 2. The first-order valence-electron chi connectivity index (χ1n) is 8.88. The summed E-state index contributed by atoms with van der Waals surface area (Å²) in [5.74, 6) is 2.26. The molecule has 0 spiro atoms. The molecule has 0 aromatic heterocycles. The van der Waals surface area contributed by atoms with E-state index in [-0.39, 0.29) is 17.3 Å². The summed E-state index contributed by atoms with van der Waals surface area (Å²) >= 11 is 0. The molecule has 4 fully saturated rings. The molecule has 1 aromatic rings. The van der Waals surface area contributed by atoms with Crippen molar-refractivity contribution < 1.29 is 9.72 Å². The van der Waals surface area contributed by atoms with E-state index in [2.05, 4.69) is 15.8 Å². The highest BCUT2D eigenvalue weighted by atomic mass is 16.6. The number of nitro benzene ring substituents is 1. The van der Waals surface area contributed by atoms with Gasteiger partial charge in [-0.3, -0.25) is 10.1 Å². The highest BCUT2D eigenvalue weighted by Gasteiger charge is 2.51. The van der Waals surface area contributed by atoms with Gasteiger partial charge in [0.15, 0.2) is 0 Å². The Bertz CT molecular complexity index is 696. The number of nitrogens with one attached hydrogen (secondary N) is 2. The molecule has 1 aromatic carbocycles. The zero-order chi connectivity index (χ0) is 17.4. The number of benzene rings is 1. The molecule has 0 unspecified atom stereocenters. The number of rotatable bonds is 4. The van der Waals surface area contributed by atoms with Gasteiger partial charge in [-0.1, -0.05) is 12.1 Å². The van der Waals surface area contributed by atoms with Crippen molar-refractivity contribution in [2.75, 3.05) is 0 Å². The van der Waals surface area contributed by atoms with E-state index in [0.29, 0.717) is 5.56 Å². The molecular weight excluding hydrogens is 320 g/mol. The quantitative estimate of drug-likeness (QED) is 0.499. The molecule has 0 heterocycles. The Hall–Kier alpha value is -2.44. The third-order valence-electron chi connectivity index (χ3n) is 5.92. The summed E-state index contributed by atoms with van der Waals surface area (Å²) in [7, 11) is 0. The van der Waals surface area contributed by atoms with Crippen molar-refractivity contribution in [2.24, 2.45) is 22.9 Å². The molecule has 2 N–H and O–H groups in total. The first-order valence-corrected chi connectivity index (χ1v) is 8.88. The Balaban J connectivity index is 1.38. The number of nitro groups is 1. The highest BCUT2D eigenvalue weighted by molar-refractivity contribution is 5.86. The van der Waals surface area contributed by atoms with Gasteiger partial charge in [0.1, 0.15) is 0 Å². The predicted octanol–water partition coefficient (Wildman–Crippen LogP) is 3.20. The van der Waals surface area contributed by atoms with E-state index in [0.717, 1.165) is 37.0 Å². The molecule has 4 aliphatic carbocycles. The Morgan fingerprint density at radius 2 is 1.76 bits per heavy atom. The van der Waals surface area contributed by atoms with Gasteiger partial charge in [0.2, 0.25) is 0 Å². The van der Waals surface area contributed by atoms with E-state index in [1.807, 2.05) is 0 Å². The summed E-state index contributed by atoms with van der Waals surface area (Å²) in [5.41, 5.74) is 2.72. The zero-order valence-corrected chi connectivity index (χ0v) is 14.0. The number of hydrazone groups is 1. The van der Waals surface area contributed by atoms with Crippen molar-refractivity contribution in [3.8, 4) is 0 Å². The average Bonchev–Trinajstić information content (AvgIpc) is 2.53. The fourth-order valence-corrected chi connectivity index (χ4v) is 5.46. The van der Waals surface area contributed by atoms with Gasteiger partial charge in [-0.15, -0.1) is 0 Å². The van der Waals surface area contributed by atoms with Crippen LogP contribution in [0.25, 0.3) is 0 Å². The lowest BCUT2D eigenvalue weighted by Gasteiger charge is -2.56. The Morgan fingerprint density at radius 1 is 1.16 bits per heavy atom. The van der Waals surface area contributed by atoms with Crippen LogP contribution >= 0.6 is 0 Å². The number of para-hydroxylation sites is 1. The first kappa shape index (κ1) is 16.1. The van der Waals surface area contributed by atoms with Gasteiger partial charge in [0.25, 0.3) is 5.69 Å². The molecule has 7 nitrogen and oxygen atoms in total. The highest BCUT2D eigenvalue weighted by Crippen LogP contribution is 2.55. The van der Waals surface area contributed by atoms with Gasteiger partial charge in [-0.25, -0.2) is 10.2 Å². The van der Waals surface area contributed by atoms with E-state index in [9.17, 15) is 14.9 Å². The van der Waals surface area contributed by atoms with Crippen molar-refractivity contribution in [1.82, 2.24) is 10.7 Å². The molecule has 4 aliphatic rings. The number of nitrogens with zero attached hydrogens (tertiary/aromatic N) is 2. The number of urea groups is 1. The summed E-state index contributed by atoms with van der Waals surface area (Å²) in [4.78, 5) is 22.8. The number of amides is 2. The summed E-state index contributed by atoms with van der Waals surface area (Å²) in [5, 5.41) is 18.0. The van der Waals surface area contributed by atoms with E-state index < -0.39 is 4.92 Å². The van der Waals surface area contributed by atoms with Crippen LogP contribution in [0, 0.1) is 27.9 Å². The third-order valence-corrected chi connectivity index (χ3v) is 5.92. The predicted molar refractivity (Wildman–Crippen MR) is 93.3 cm³/mol. The second-order valence-electron chi connectivity index (χ2n) is 7.84. The normalized spacial score (nSPS) is 32.7. The van der Waals surface area contributed by atoms with E-state index in [1.165, 1.54) is 31.5 Å². The Labute approximate surface area is 146 Å². The number of carbonyl (C=O) groups is 1. The maximum atomic E-state index is 12.3. The summed E-state index contributed by atoms with van der Waals surface area (Å²) < 4.78 is 0. The molecule has 25 heavy (non-hydrogen) atoms. The minimum Gasteiger partial charge on any atom is -0.331 e. The monoisotopic (exact) mass is 342 g/mol. The van der Waals surface area contributed by atoms with Crippen LogP contribution in [0.5, 0.6) is 0 Å². The standard InChI is InChI=1S/C18H22N4O3/c23-17(21-19-11-15-3-1-2-4-16(15)22(24)25)20-18-8-12-5-13(9-18)7-14(6-12)10-18/h1-4,11-14H,5-10H2,(H2,20,21,23). The van der Waals surface area contributed by atoms with E-state index in [1.54, 1.807) is 18.2 Å². The van der Waals surface area contributed by atoms with Crippen molar-refractivity contribution in [3.63, 3.8) is 0 Å². The van der Waals surface area contributed by atoms with Crippen molar-refractivity contribution >= 4 is 17.9 Å². The van der Waals surface area contributed by atoms with Crippen LogP contribution in [0.3, 0.4) is 0 Å². The van der Waals surface area contributed by atoms with Crippen LogP contribution in [-0.4, -0.2) is 22.7 Å². The second-order valence-corrected chi connectivity index (χ2v) is 7.84. The molecule has 2 amide bonds. The number of hydrogen-bond acceptors (Lipinski definition) is 4. The fraction of sp³-hybridized carbons (Fsp3) is 0.556. The molecule has 4 bridgehead atoms. The maximum absolute atomic E-state index is 12.3. The van der Waals surface area contributed by atoms with E-state index >= 15 is 0 Å². The van der Waals surface area contributed by atoms with Gasteiger partial charge < -0.3 is 5.32 Å². The molecule has 4 saturated carbocycles. The topological polar surface area (TPSA) is 96.6 Å². The lowest BCUT2D eigenvalue weighted by atomic mass is 9.53. The van der Waals surface area contributed by atoms with Gasteiger partial charge >= 0.3 is 6.03 Å². The minimum absolute atomic E-state index is 0.0328. The molecular formula is C18H22N4O3. The van der Waals surface area contributed by atoms with Crippen LogP contribution < -0.4 is 10.7 Å². The van der Waals surface area contributed by atoms with Crippen molar-refractivity contribution in [2.45, 2.75) is 44.1 Å². The molecule has 132 valence electrons. The number of carbonyl (C=O) groups excluding carboxylic acids is 1. The average molecular weight is 342 g/mol. The first-order chi connectivity index (χ1) is 12.0. The van der Waals surface area contributed by atoms with Crippen LogP contribution in [0.4, 0.5) is 10.5 Å². The third kappa shape index (κ3) is 3.23. The largest absolute Gasteiger partial charge is 0.335 e. The van der Waals surface area contributed by atoms with Crippen LogP contribution in [0.1, 0.15) is 44.1 Å². The zero-order valence-electron chi connectivity index (χ0n) is 14.0. The Kier molecular flexibility index (Phi) is 3.94. The molecule has 0 atom stereocenters. The van der Waals surface area contributed by atoms with Gasteiger partial charge in [-0.05, 0) is 62.3 Å². The summed E-state index contributed by atoms with van der Waals surface area (Å²) in [6, 6.07) is 5.99. The van der Waals surface area contributed by atoms with Gasteiger partial charge in [0, 0.05) is 11.6 Å². The minimum atomic E-state index is -0.461. The van der Waals surface area contributed by atoms with E-state index in [4.69, 9.17) is 0 Å². The maximum Gasteiger partial charge on any atom is 0.335 e. The summed E-state index contributed by atoms with van der Waals surface area (Å²) in [6.07, 6.45) is 8.48. The molecule has 5 rings (SSSR count). The van der Waals surface area contributed by atoms with Crippen molar-refractivity contribution in [3.05, 3.63) is 39.9 Å². The lowest BCUT2D eigenvalue weighted by molar-refractivity contribution is -0.385. The smallest absolute Gasteiger partial charge is 0.331 e. The fourth-order valence-electron chi connectivity index (χ4n) is 5.46. The second kappa shape index (κ2) is 6.13. The molecule has 0 radical (unpaired) electrons. The van der Waals surface area contributed by atoms with Crippen LogP contribution in [-0.2, 0) is 0 Å². The molecule has 7 heteroatoms. The SMILES string of the molecule is O=C(NN=Cc1ccccc1[N+](=O)[O-])NC12CC3CC(CC(C3)C1)C2. The van der Waals surface area contributed by atoms with Gasteiger partial charge in [0.05, 0.1) is 16.7 Å².